The minimum atomic E-state index is -0.112. The lowest BCUT2D eigenvalue weighted by molar-refractivity contribution is 0.227. The van der Waals surface area contributed by atoms with Crippen LogP contribution in [0.1, 0.15) is 24.8 Å². The average molecular weight is 329 g/mol. The Kier molecular flexibility index (Phi) is 5.41. The van der Waals surface area contributed by atoms with Crippen LogP contribution in [0.3, 0.4) is 0 Å². The molecule has 3 atom stereocenters. The normalized spacial score (nSPS) is 26.4. The Morgan fingerprint density at radius 3 is 2.75 bits per heavy atom. The highest BCUT2D eigenvalue weighted by Gasteiger charge is 2.24. The molecule has 1 fully saturated rings. The summed E-state index contributed by atoms with van der Waals surface area (Å²) < 4.78 is 0. The van der Waals surface area contributed by atoms with Gasteiger partial charge < -0.3 is 20.6 Å². The van der Waals surface area contributed by atoms with Crippen LogP contribution in [0.5, 0.6) is 0 Å². The van der Waals surface area contributed by atoms with Crippen molar-refractivity contribution in [2.75, 3.05) is 24.6 Å². The minimum absolute atomic E-state index is 0.0268. The van der Waals surface area contributed by atoms with Gasteiger partial charge in [-0.25, -0.2) is 4.79 Å². The second-order valence-electron chi connectivity index (χ2n) is 6.91. The number of piperidine rings is 1. The van der Waals surface area contributed by atoms with E-state index in [0.29, 0.717) is 0 Å². The first-order valence-electron chi connectivity index (χ1n) is 8.82. The number of anilines is 1. The molecule has 0 aromatic heterocycles. The van der Waals surface area contributed by atoms with Gasteiger partial charge >= 0.3 is 6.03 Å². The maximum Gasteiger partial charge on any atom is 0.315 e. The standard InChI is InChI=1S/C19H27N3O2/c1-14-4-8-18(9-5-14)22-10-2-3-17(12-22)21-19(24)20-16-7-6-15(11-16)13-23/h4-9,15-17,23H,2-3,10-13H2,1H3,(H2,20,21,24)/t15-,16+,17?/m0/s1. The Balaban J connectivity index is 1.49. The van der Waals surface area contributed by atoms with Gasteiger partial charge in [-0.15, -0.1) is 0 Å². The number of carbonyl (C=O) groups excluding carboxylic acids is 1. The summed E-state index contributed by atoms with van der Waals surface area (Å²) in [6.07, 6.45) is 6.82. The quantitative estimate of drug-likeness (QED) is 0.742. The molecule has 1 aliphatic carbocycles. The molecule has 3 rings (SSSR count). The molecule has 1 aromatic carbocycles. The SMILES string of the molecule is Cc1ccc(N2CCCC(NC(=O)N[C@@H]3C=C[C@H](CO)C3)C2)cc1. The van der Waals surface area contributed by atoms with Crippen molar-refractivity contribution in [2.45, 2.75) is 38.3 Å². The molecule has 130 valence electrons. The molecule has 0 bridgehead atoms. The molecule has 1 heterocycles. The average Bonchev–Trinajstić information content (AvgIpc) is 3.03. The third-order valence-corrected chi connectivity index (χ3v) is 4.88. The van der Waals surface area contributed by atoms with Gasteiger partial charge in [0.25, 0.3) is 0 Å². The first-order valence-corrected chi connectivity index (χ1v) is 8.82. The van der Waals surface area contributed by atoms with E-state index < -0.39 is 0 Å². The van der Waals surface area contributed by atoms with Crippen LogP contribution in [-0.2, 0) is 0 Å². The molecule has 1 saturated heterocycles. The Bertz CT molecular complexity index is 585. The van der Waals surface area contributed by atoms with Gasteiger partial charge in [-0.2, -0.15) is 0 Å². The topological polar surface area (TPSA) is 64.6 Å². The number of urea groups is 1. The van der Waals surface area contributed by atoms with E-state index in [9.17, 15) is 4.79 Å². The number of benzene rings is 1. The fourth-order valence-corrected chi connectivity index (χ4v) is 3.50. The predicted octanol–water partition coefficient (Wildman–Crippen LogP) is 2.20. The molecule has 0 spiro atoms. The lowest BCUT2D eigenvalue weighted by atomic mass is 10.0. The van der Waals surface area contributed by atoms with Crippen LogP contribution in [-0.4, -0.2) is 42.9 Å². The van der Waals surface area contributed by atoms with Gasteiger partial charge in [0.05, 0.1) is 0 Å². The van der Waals surface area contributed by atoms with Gasteiger partial charge in [-0.05, 0) is 38.3 Å². The summed E-state index contributed by atoms with van der Waals surface area (Å²) in [7, 11) is 0. The smallest absolute Gasteiger partial charge is 0.315 e. The van der Waals surface area contributed by atoms with Gasteiger partial charge in [-0.1, -0.05) is 29.8 Å². The minimum Gasteiger partial charge on any atom is -0.396 e. The van der Waals surface area contributed by atoms with Crippen molar-refractivity contribution < 1.29 is 9.90 Å². The molecule has 24 heavy (non-hydrogen) atoms. The van der Waals surface area contributed by atoms with Crippen LogP contribution in [0.25, 0.3) is 0 Å². The van der Waals surface area contributed by atoms with E-state index in [4.69, 9.17) is 5.11 Å². The summed E-state index contributed by atoms with van der Waals surface area (Å²) in [5.74, 6) is 0.169. The zero-order valence-corrected chi connectivity index (χ0v) is 14.2. The highest BCUT2D eigenvalue weighted by atomic mass is 16.3. The molecule has 1 aliphatic heterocycles. The van der Waals surface area contributed by atoms with E-state index in [1.54, 1.807) is 0 Å². The number of aryl methyl sites for hydroxylation is 1. The fourth-order valence-electron chi connectivity index (χ4n) is 3.50. The highest BCUT2D eigenvalue weighted by molar-refractivity contribution is 5.75. The highest BCUT2D eigenvalue weighted by Crippen LogP contribution is 2.21. The third kappa shape index (κ3) is 4.29. The van der Waals surface area contributed by atoms with E-state index in [1.807, 2.05) is 12.2 Å². The van der Waals surface area contributed by atoms with Crippen LogP contribution in [0.4, 0.5) is 10.5 Å². The Hall–Kier alpha value is -2.01. The number of nitrogens with zero attached hydrogens (tertiary/aromatic N) is 1. The molecule has 1 aromatic rings. The van der Waals surface area contributed by atoms with E-state index in [2.05, 4.69) is 46.7 Å². The third-order valence-electron chi connectivity index (χ3n) is 4.88. The van der Waals surface area contributed by atoms with Crippen LogP contribution in [0.2, 0.25) is 0 Å². The number of nitrogens with one attached hydrogen (secondary N) is 2. The fraction of sp³-hybridized carbons (Fsp3) is 0.526. The first-order chi connectivity index (χ1) is 11.6. The summed E-state index contributed by atoms with van der Waals surface area (Å²) in [4.78, 5) is 14.6. The largest absolute Gasteiger partial charge is 0.396 e. The molecule has 3 N–H and O–H groups in total. The second kappa shape index (κ2) is 7.71. The molecule has 5 nitrogen and oxygen atoms in total. The summed E-state index contributed by atoms with van der Waals surface area (Å²) in [5.41, 5.74) is 2.48. The lowest BCUT2D eigenvalue weighted by Gasteiger charge is -2.35. The van der Waals surface area contributed by atoms with Crippen LogP contribution in [0.15, 0.2) is 36.4 Å². The van der Waals surface area contributed by atoms with E-state index in [0.717, 1.165) is 32.4 Å². The van der Waals surface area contributed by atoms with E-state index in [-0.39, 0.29) is 30.6 Å². The van der Waals surface area contributed by atoms with Crippen molar-refractivity contribution in [3.8, 4) is 0 Å². The maximum absolute atomic E-state index is 12.2. The summed E-state index contributed by atoms with van der Waals surface area (Å²) in [6.45, 7) is 4.11. The van der Waals surface area contributed by atoms with Gasteiger partial charge in [0.1, 0.15) is 0 Å². The molecule has 2 amide bonds. The Morgan fingerprint density at radius 2 is 2.04 bits per heavy atom. The van der Waals surface area contributed by atoms with Crippen molar-refractivity contribution in [3.63, 3.8) is 0 Å². The zero-order valence-electron chi connectivity index (χ0n) is 14.2. The Morgan fingerprint density at radius 1 is 1.25 bits per heavy atom. The molecular weight excluding hydrogens is 302 g/mol. The van der Waals surface area contributed by atoms with Crippen molar-refractivity contribution in [3.05, 3.63) is 42.0 Å². The first kappa shape index (κ1) is 16.8. The number of amides is 2. The van der Waals surface area contributed by atoms with Gasteiger partial charge in [0.15, 0.2) is 0 Å². The van der Waals surface area contributed by atoms with Gasteiger partial charge in [-0.3, -0.25) is 0 Å². The number of aliphatic hydroxyl groups is 1. The van der Waals surface area contributed by atoms with Crippen LogP contribution in [0, 0.1) is 12.8 Å². The molecule has 1 unspecified atom stereocenters. The Labute approximate surface area is 143 Å². The molecule has 0 saturated carbocycles. The number of hydrogen-bond acceptors (Lipinski definition) is 3. The van der Waals surface area contributed by atoms with Crippen molar-refractivity contribution in [1.29, 1.82) is 0 Å². The van der Waals surface area contributed by atoms with Crippen molar-refractivity contribution in [2.24, 2.45) is 5.92 Å². The predicted molar refractivity (Wildman–Crippen MR) is 96.2 cm³/mol. The summed E-state index contributed by atoms with van der Waals surface area (Å²) in [5, 5.41) is 15.2. The van der Waals surface area contributed by atoms with Crippen LogP contribution < -0.4 is 15.5 Å². The number of aliphatic hydroxyl groups excluding tert-OH is 1. The molecule has 0 radical (unpaired) electrons. The van der Waals surface area contributed by atoms with E-state index in [1.165, 1.54) is 11.3 Å². The zero-order chi connectivity index (χ0) is 16.9. The molecule has 5 heteroatoms. The molecular formula is C19H27N3O2. The van der Waals surface area contributed by atoms with E-state index >= 15 is 0 Å². The summed E-state index contributed by atoms with van der Waals surface area (Å²) >= 11 is 0. The monoisotopic (exact) mass is 329 g/mol. The number of hydrogen-bond donors (Lipinski definition) is 3. The summed E-state index contributed by atoms with van der Waals surface area (Å²) in [6, 6.07) is 8.63. The second-order valence-corrected chi connectivity index (χ2v) is 6.91. The maximum atomic E-state index is 12.2. The molecule has 2 aliphatic rings. The van der Waals surface area contributed by atoms with Gasteiger partial charge in [0, 0.05) is 43.4 Å². The number of rotatable bonds is 4. The van der Waals surface area contributed by atoms with Crippen LogP contribution >= 0.6 is 0 Å². The van der Waals surface area contributed by atoms with Crippen molar-refractivity contribution in [1.82, 2.24) is 10.6 Å². The lowest BCUT2D eigenvalue weighted by Crippen LogP contribution is -2.52. The number of carbonyl (C=O) groups is 1. The van der Waals surface area contributed by atoms with Gasteiger partial charge in [0.2, 0.25) is 0 Å². The van der Waals surface area contributed by atoms with Crippen molar-refractivity contribution >= 4 is 11.7 Å².